The lowest BCUT2D eigenvalue weighted by atomic mass is 10.0. The Labute approximate surface area is 189 Å². The Hall–Kier alpha value is -2.79. The molecule has 1 aliphatic rings. The number of hydrogen-bond donors (Lipinski definition) is 0. The van der Waals surface area contributed by atoms with Crippen LogP contribution in [0.1, 0.15) is 11.1 Å². The van der Waals surface area contributed by atoms with E-state index in [9.17, 15) is 4.79 Å². The van der Waals surface area contributed by atoms with Crippen molar-refractivity contribution < 1.29 is 9.15 Å². The van der Waals surface area contributed by atoms with Gasteiger partial charge in [0, 0.05) is 28.5 Å². The Morgan fingerprint density at radius 3 is 2.35 bits per heavy atom. The first-order valence-electron chi connectivity index (χ1n) is 10.0. The number of fused-ring (bicyclic) bond motifs is 3. The van der Waals surface area contributed by atoms with Crippen LogP contribution in [0.25, 0.3) is 22.1 Å². The summed E-state index contributed by atoms with van der Waals surface area (Å²) in [6.07, 6.45) is 0.880. The molecular weight excluding hydrogens is 433 g/mol. The van der Waals surface area contributed by atoms with E-state index < -0.39 is 0 Å². The maximum Gasteiger partial charge on any atom is 0.344 e. The number of hydrogen-bond acceptors (Lipinski definition) is 4. The zero-order chi connectivity index (χ0) is 21.4. The van der Waals surface area contributed by atoms with Crippen molar-refractivity contribution in [2.24, 2.45) is 0 Å². The summed E-state index contributed by atoms with van der Waals surface area (Å²) < 4.78 is 11.7. The van der Waals surface area contributed by atoms with E-state index in [-0.39, 0.29) is 5.63 Å². The SMILES string of the molecule is O=c1oc2c3c(ccc2cc1-c1ccc(Cl)cc1)OCN(CCc1ccc(Cl)cc1)C3. The quantitative estimate of drug-likeness (QED) is 0.348. The lowest BCUT2D eigenvalue weighted by molar-refractivity contribution is 0.0968. The molecule has 0 bridgehead atoms. The Bertz CT molecular complexity index is 1300. The van der Waals surface area contributed by atoms with E-state index >= 15 is 0 Å². The molecule has 31 heavy (non-hydrogen) atoms. The van der Waals surface area contributed by atoms with Crippen LogP contribution in [0, 0.1) is 0 Å². The van der Waals surface area contributed by atoms with Gasteiger partial charge in [-0.1, -0.05) is 47.5 Å². The summed E-state index contributed by atoms with van der Waals surface area (Å²) in [5, 5.41) is 2.23. The maximum atomic E-state index is 12.8. The fourth-order valence-corrected chi connectivity index (χ4v) is 4.10. The van der Waals surface area contributed by atoms with Gasteiger partial charge < -0.3 is 9.15 Å². The van der Waals surface area contributed by atoms with Gasteiger partial charge in [0.05, 0.1) is 11.1 Å². The molecule has 0 saturated carbocycles. The van der Waals surface area contributed by atoms with Crippen LogP contribution in [0.15, 0.2) is 75.9 Å². The van der Waals surface area contributed by atoms with Crippen molar-refractivity contribution in [1.82, 2.24) is 4.90 Å². The lowest BCUT2D eigenvalue weighted by Gasteiger charge is -2.29. The van der Waals surface area contributed by atoms with Crippen molar-refractivity contribution in [3.8, 4) is 16.9 Å². The second-order valence-electron chi connectivity index (χ2n) is 7.62. The van der Waals surface area contributed by atoms with Crippen molar-refractivity contribution in [2.45, 2.75) is 13.0 Å². The largest absolute Gasteiger partial charge is 0.478 e. The molecule has 1 aromatic heterocycles. The fraction of sp³-hybridized carbons (Fsp3) is 0.160. The van der Waals surface area contributed by atoms with Gasteiger partial charge in [0.25, 0.3) is 0 Å². The molecule has 1 aliphatic heterocycles. The molecule has 0 atom stereocenters. The van der Waals surface area contributed by atoms with Crippen LogP contribution < -0.4 is 10.4 Å². The van der Waals surface area contributed by atoms with Crippen molar-refractivity contribution in [3.63, 3.8) is 0 Å². The van der Waals surface area contributed by atoms with Crippen molar-refractivity contribution in [3.05, 3.63) is 98.3 Å². The van der Waals surface area contributed by atoms with Crippen LogP contribution in [0.4, 0.5) is 0 Å². The first kappa shape index (κ1) is 20.1. The topological polar surface area (TPSA) is 42.7 Å². The number of nitrogens with zero attached hydrogens (tertiary/aromatic N) is 1. The summed E-state index contributed by atoms with van der Waals surface area (Å²) in [5.74, 6) is 0.762. The van der Waals surface area contributed by atoms with Crippen LogP contribution in [-0.4, -0.2) is 18.2 Å². The van der Waals surface area contributed by atoms with Crippen LogP contribution in [0.5, 0.6) is 5.75 Å². The van der Waals surface area contributed by atoms with E-state index in [0.29, 0.717) is 29.4 Å². The highest BCUT2D eigenvalue weighted by molar-refractivity contribution is 6.30. The van der Waals surface area contributed by atoms with E-state index in [2.05, 4.69) is 4.90 Å². The van der Waals surface area contributed by atoms with E-state index in [4.69, 9.17) is 32.4 Å². The average molecular weight is 452 g/mol. The van der Waals surface area contributed by atoms with Gasteiger partial charge in [-0.15, -0.1) is 0 Å². The summed E-state index contributed by atoms with van der Waals surface area (Å²) >= 11 is 11.9. The third kappa shape index (κ3) is 4.19. The highest BCUT2D eigenvalue weighted by Gasteiger charge is 2.22. The standard InChI is InChI=1S/C25H19Cl2NO3/c26-19-6-1-16(2-7-19)11-12-28-14-22-23(30-15-28)10-5-18-13-21(25(29)31-24(18)22)17-3-8-20(27)9-4-17/h1-10,13H,11-12,14-15H2. The highest BCUT2D eigenvalue weighted by atomic mass is 35.5. The molecule has 6 heteroatoms. The normalized spacial score (nSPS) is 13.7. The minimum absolute atomic E-state index is 0.374. The molecule has 5 rings (SSSR count). The Balaban J connectivity index is 1.43. The van der Waals surface area contributed by atoms with E-state index in [1.807, 2.05) is 54.6 Å². The molecule has 2 heterocycles. The zero-order valence-electron chi connectivity index (χ0n) is 16.6. The molecule has 4 aromatic rings. The summed E-state index contributed by atoms with van der Waals surface area (Å²) in [5.41, 5.74) is 3.61. The molecule has 4 nitrogen and oxygen atoms in total. The second-order valence-corrected chi connectivity index (χ2v) is 8.49. The van der Waals surface area contributed by atoms with Crippen molar-refractivity contribution >= 4 is 34.2 Å². The Morgan fingerprint density at radius 1 is 0.903 bits per heavy atom. The molecular formula is C25H19Cl2NO3. The molecule has 0 aliphatic carbocycles. The number of benzene rings is 3. The molecule has 156 valence electrons. The molecule has 0 saturated heterocycles. The average Bonchev–Trinajstić information content (AvgIpc) is 2.79. The van der Waals surface area contributed by atoms with Crippen molar-refractivity contribution in [1.29, 1.82) is 0 Å². The van der Waals surface area contributed by atoms with Crippen LogP contribution in [-0.2, 0) is 13.0 Å². The molecule has 3 aromatic carbocycles. The minimum atomic E-state index is -0.374. The van der Waals surface area contributed by atoms with Crippen molar-refractivity contribution in [2.75, 3.05) is 13.3 Å². The predicted molar refractivity (Wildman–Crippen MR) is 124 cm³/mol. The maximum absolute atomic E-state index is 12.8. The van der Waals surface area contributed by atoms with Gasteiger partial charge in [-0.05, 0) is 60.0 Å². The van der Waals surface area contributed by atoms with Crippen LogP contribution in [0.3, 0.4) is 0 Å². The molecule has 0 N–H and O–H groups in total. The summed E-state index contributed by atoms with van der Waals surface area (Å²) in [6.45, 7) is 1.98. The number of rotatable bonds is 4. The van der Waals surface area contributed by atoms with Gasteiger partial charge in [0.2, 0.25) is 0 Å². The zero-order valence-corrected chi connectivity index (χ0v) is 18.1. The monoisotopic (exact) mass is 451 g/mol. The lowest BCUT2D eigenvalue weighted by Crippen LogP contribution is -2.33. The molecule has 0 spiro atoms. The third-order valence-corrected chi connectivity index (χ3v) is 6.04. The number of halogens is 2. The summed E-state index contributed by atoms with van der Waals surface area (Å²) in [6, 6.07) is 20.8. The first-order chi connectivity index (χ1) is 15.1. The van der Waals surface area contributed by atoms with Crippen LogP contribution >= 0.6 is 23.2 Å². The van der Waals surface area contributed by atoms with Gasteiger partial charge in [0.1, 0.15) is 18.1 Å². The van der Waals surface area contributed by atoms with Gasteiger partial charge >= 0.3 is 5.63 Å². The third-order valence-electron chi connectivity index (χ3n) is 5.53. The molecule has 0 fully saturated rings. The Kier molecular flexibility index (Phi) is 5.45. The van der Waals surface area contributed by atoms with Gasteiger partial charge in [-0.3, -0.25) is 4.90 Å². The first-order valence-corrected chi connectivity index (χ1v) is 10.8. The minimum Gasteiger partial charge on any atom is -0.478 e. The van der Waals surface area contributed by atoms with Gasteiger partial charge in [-0.2, -0.15) is 0 Å². The van der Waals surface area contributed by atoms with E-state index in [1.165, 1.54) is 5.56 Å². The highest BCUT2D eigenvalue weighted by Crippen LogP contribution is 2.33. The second kappa shape index (κ2) is 8.39. The van der Waals surface area contributed by atoms with Crippen LogP contribution in [0.2, 0.25) is 10.0 Å². The van der Waals surface area contributed by atoms with Gasteiger partial charge in [0.15, 0.2) is 0 Å². The number of ether oxygens (including phenoxy) is 1. The fourth-order valence-electron chi connectivity index (χ4n) is 3.85. The summed E-state index contributed by atoms with van der Waals surface area (Å²) in [4.78, 5) is 15.0. The predicted octanol–water partition coefficient (Wildman–Crippen LogP) is 6.16. The molecule has 0 amide bonds. The van der Waals surface area contributed by atoms with E-state index in [1.54, 1.807) is 12.1 Å². The molecule has 0 radical (unpaired) electrons. The molecule has 0 unspecified atom stereocenters. The van der Waals surface area contributed by atoms with E-state index in [0.717, 1.165) is 40.3 Å². The summed E-state index contributed by atoms with van der Waals surface area (Å²) in [7, 11) is 0. The smallest absolute Gasteiger partial charge is 0.344 e. The van der Waals surface area contributed by atoms with Gasteiger partial charge in [-0.25, -0.2) is 4.79 Å². The Morgan fingerprint density at radius 2 is 1.61 bits per heavy atom.